The van der Waals surface area contributed by atoms with Gasteiger partial charge in [0.1, 0.15) is 5.75 Å². The van der Waals surface area contributed by atoms with E-state index in [1.54, 1.807) is 9.80 Å². The first-order valence-corrected chi connectivity index (χ1v) is 18.4. The van der Waals surface area contributed by atoms with Crippen molar-refractivity contribution in [2.45, 2.75) is 70.6 Å². The molecule has 0 aliphatic carbocycles. The van der Waals surface area contributed by atoms with Gasteiger partial charge >= 0.3 is 12.1 Å². The van der Waals surface area contributed by atoms with Crippen LogP contribution in [0.3, 0.4) is 0 Å². The zero-order valence-electron chi connectivity index (χ0n) is 27.5. The van der Waals surface area contributed by atoms with Crippen molar-refractivity contribution in [1.82, 2.24) is 19.6 Å². The highest BCUT2D eigenvalue weighted by atomic mass is 32.2. The second-order valence-electron chi connectivity index (χ2n) is 13.3. The number of phenols is 1. The average Bonchev–Trinajstić information content (AvgIpc) is 3.25. The number of urea groups is 1. The number of phenolic OH excluding ortho intramolecular Hbond substituents is 1. The molecule has 2 aromatic rings. The minimum atomic E-state index is -0.998. The molecule has 2 N–H and O–H groups in total. The molecule has 0 saturated carbocycles. The van der Waals surface area contributed by atoms with Gasteiger partial charge in [0, 0.05) is 92.3 Å². The molecular formula is C35H47N5O6S. The summed E-state index contributed by atoms with van der Waals surface area (Å²) < 4.78 is 17.9. The van der Waals surface area contributed by atoms with E-state index in [9.17, 15) is 23.7 Å². The highest BCUT2D eigenvalue weighted by molar-refractivity contribution is 7.85. The van der Waals surface area contributed by atoms with Crippen LogP contribution in [0.1, 0.15) is 47.9 Å². The molecule has 3 fully saturated rings. The van der Waals surface area contributed by atoms with E-state index in [0.29, 0.717) is 62.7 Å². The SMILES string of the molecule is Cc1cc(C[C@@H](OC(=O)N2CCC(N3CCc4ccccc4NC3=O)CC2)C(=O)N2CCN(C3CCS(=O)CC3)CC2)cc(C)c1O. The molecule has 254 valence electrons. The van der Waals surface area contributed by atoms with Gasteiger partial charge in [-0.1, -0.05) is 30.3 Å². The Balaban J connectivity index is 1.08. The Hall–Kier alpha value is -3.64. The third-order valence-electron chi connectivity index (χ3n) is 10.3. The van der Waals surface area contributed by atoms with Crippen LogP contribution in [0.25, 0.3) is 0 Å². The van der Waals surface area contributed by atoms with Crippen molar-refractivity contribution in [2.75, 3.05) is 62.6 Å². The van der Waals surface area contributed by atoms with E-state index in [0.717, 1.165) is 60.7 Å². The number of hydrogen-bond acceptors (Lipinski definition) is 7. The number of fused-ring (bicyclic) bond motifs is 1. The van der Waals surface area contributed by atoms with Gasteiger partial charge in [-0.05, 0) is 74.3 Å². The molecule has 12 heteroatoms. The second kappa shape index (κ2) is 14.6. The van der Waals surface area contributed by atoms with Crippen LogP contribution < -0.4 is 5.32 Å². The third-order valence-corrected chi connectivity index (χ3v) is 11.7. The molecule has 4 aliphatic rings. The molecule has 2 aromatic carbocycles. The Morgan fingerprint density at radius 2 is 1.57 bits per heavy atom. The molecule has 6 rings (SSSR count). The molecule has 47 heavy (non-hydrogen) atoms. The van der Waals surface area contributed by atoms with Gasteiger partial charge in [0.2, 0.25) is 0 Å². The van der Waals surface area contributed by atoms with E-state index in [4.69, 9.17) is 4.74 Å². The van der Waals surface area contributed by atoms with Gasteiger partial charge in [-0.25, -0.2) is 9.59 Å². The fourth-order valence-electron chi connectivity index (χ4n) is 7.51. The van der Waals surface area contributed by atoms with Gasteiger partial charge in [-0.15, -0.1) is 0 Å². The summed E-state index contributed by atoms with van der Waals surface area (Å²) in [6.45, 7) is 7.71. The van der Waals surface area contributed by atoms with Crippen LogP contribution in [-0.2, 0) is 33.2 Å². The minimum Gasteiger partial charge on any atom is -0.507 e. The summed E-state index contributed by atoms with van der Waals surface area (Å²) in [6.07, 6.45) is 2.58. The lowest BCUT2D eigenvalue weighted by atomic mass is 10.00. The van der Waals surface area contributed by atoms with Crippen molar-refractivity contribution in [3.63, 3.8) is 0 Å². The fraction of sp³-hybridized carbons (Fsp3) is 0.571. The van der Waals surface area contributed by atoms with Gasteiger partial charge < -0.3 is 29.9 Å². The van der Waals surface area contributed by atoms with Gasteiger partial charge in [0.15, 0.2) is 6.10 Å². The predicted octanol–water partition coefficient (Wildman–Crippen LogP) is 3.67. The number of piperazine rings is 1. The number of hydrogen-bond donors (Lipinski definition) is 2. The molecule has 4 aliphatic heterocycles. The molecule has 4 amide bonds. The highest BCUT2D eigenvalue weighted by Crippen LogP contribution is 2.27. The van der Waals surface area contributed by atoms with Crippen LogP contribution in [0.4, 0.5) is 15.3 Å². The number of benzene rings is 2. The minimum absolute atomic E-state index is 0.00851. The molecular weight excluding hydrogens is 618 g/mol. The molecule has 0 bridgehead atoms. The predicted molar refractivity (Wildman–Crippen MR) is 181 cm³/mol. The lowest BCUT2D eigenvalue weighted by Crippen LogP contribution is -2.56. The number of rotatable bonds is 6. The Bertz CT molecular complexity index is 1470. The number of carbonyl (C=O) groups is 3. The van der Waals surface area contributed by atoms with E-state index >= 15 is 0 Å². The number of anilines is 1. The summed E-state index contributed by atoms with van der Waals surface area (Å²) in [6, 6.07) is 11.9. The molecule has 0 unspecified atom stereocenters. The number of para-hydroxylation sites is 1. The monoisotopic (exact) mass is 665 g/mol. The van der Waals surface area contributed by atoms with Crippen LogP contribution in [0.2, 0.25) is 0 Å². The van der Waals surface area contributed by atoms with E-state index in [2.05, 4.69) is 10.2 Å². The number of carbonyl (C=O) groups excluding carboxylic acids is 3. The maximum atomic E-state index is 14.0. The van der Waals surface area contributed by atoms with Crippen molar-refractivity contribution in [3.8, 4) is 5.75 Å². The van der Waals surface area contributed by atoms with E-state index in [1.165, 1.54) is 0 Å². The molecule has 0 spiro atoms. The summed E-state index contributed by atoms with van der Waals surface area (Å²) in [5.74, 6) is 1.50. The van der Waals surface area contributed by atoms with Gasteiger partial charge in [-0.3, -0.25) is 13.9 Å². The topological polar surface area (TPSA) is 123 Å². The molecule has 3 saturated heterocycles. The highest BCUT2D eigenvalue weighted by Gasteiger charge is 2.36. The zero-order valence-corrected chi connectivity index (χ0v) is 28.3. The van der Waals surface area contributed by atoms with E-state index < -0.39 is 23.0 Å². The van der Waals surface area contributed by atoms with Crippen LogP contribution in [0, 0.1) is 13.8 Å². The summed E-state index contributed by atoms with van der Waals surface area (Å²) in [5, 5.41) is 13.4. The third kappa shape index (κ3) is 7.75. The Kier molecular flexibility index (Phi) is 10.4. The zero-order chi connectivity index (χ0) is 33.1. The first kappa shape index (κ1) is 33.3. The number of nitrogens with one attached hydrogen (secondary N) is 1. The van der Waals surface area contributed by atoms with Crippen LogP contribution >= 0.6 is 0 Å². The maximum Gasteiger partial charge on any atom is 0.410 e. The molecule has 4 heterocycles. The summed E-state index contributed by atoms with van der Waals surface area (Å²) in [4.78, 5) is 48.4. The standard InChI is InChI=1S/C35H47N5O6S/c1-24-21-26(22-25(2)32(24)41)23-31(33(42)38-17-15-37(16-18-38)28-10-19-47(45)20-11-28)46-35(44)39-12-8-29(9-13-39)40-14-7-27-5-3-4-6-30(27)36-34(40)43/h3-6,21-22,28-29,31,41H,7-20,23H2,1-2H3,(H,36,43)/t28?,31-,47?/m1/s1. The van der Waals surface area contributed by atoms with Crippen LogP contribution in [-0.4, -0.2) is 122 Å². The number of amides is 4. The van der Waals surface area contributed by atoms with Gasteiger partial charge in [0.25, 0.3) is 5.91 Å². The first-order valence-electron chi connectivity index (χ1n) is 16.9. The normalized spacial score (nSPS) is 23.4. The van der Waals surface area contributed by atoms with Gasteiger partial charge in [-0.2, -0.15) is 0 Å². The average molecular weight is 666 g/mol. The van der Waals surface area contributed by atoms with Crippen LogP contribution in [0.5, 0.6) is 5.75 Å². The molecule has 0 aromatic heterocycles. The summed E-state index contributed by atoms with van der Waals surface area (Å²) in [7, 11) is -0.712. The lowest BCUT2D eigenvalue weighted by molar-refractivity contribution is -0.143. The largest absolute Gasteiger partial charge is 0.507 e. The lowest BCUT2D eigenvalue weighted by Gasteiger charge is -2.41. The molecule has 11 nitrogen and oxygen atoms in total. The Morgan fingerprint density at radius 1 is 0.915 bits per heavy atom. The Morgan fingerprint density at radius 3 is 2.26 bits per heavy atom. The van der Waals surface area contributed by atoms with E-state index in [1.807, 2.05) is 55.1 Å². The number of likely N-dealkylation sites (tertiary alicyclic amines) is 1. The number of aryl methyl sites for hydroxylation is 2. The van der Waals surface area contributed by atoms with Crippen molar-refractivity contribution in [3.05, 3.63) is 58.7 Å². The molecule has 0 radical (unpaired) electrons. The van der Waals surface area contributed by atoms with Gasteiger partial charge in [0.05, 0.1) is 0 Å². The smallest absolute Gasteiger partial charge is 0.410 e. The Labute approximate surface area is 279 Å². The first-order chi connectivity index (χ1) is 22.7. The van der Waals surface area contributed by atoms with Crippen molar-refractivity contribution < 1.29 is 28.4 Å². The number of piperidine rings is 1. The summed E-state index contributed by atoms with van der Waals surface area (Å²) in [5.41, 5.74) is 4.21. The number of nitrogens with zero attached hydrogens (tertiary/aromatic N) is 4. The number of aromatic hydroxyl groups is 1. The van der Waals surface area contributed by atoms with Crippen molar-refractivity contribution in [2.24, 2.45) is 0 Å². The quantitative estimate of drug-likeness (QED) is 0.483. The van der Waals surface area contributed by atoms with Crippen molar-refractivity contribution >= 4 is 34.5 Å². The summed E-state index contributed by atoms with van der Waals surface area (Å²) >= 11 is 0. The molecule has 1 atom stereocenters. The second-order valence-corrected chi connectivity index (χ2v) is 15.0. The fourth-order valence-corrected chi connectivity index (χ4v) is 8.78. The van der Waals surface area contributed by atoms with E-state index in [-0.39, 0.29) is 30.2 Å². The maximum absolute atomic E-state index is 14.0. The number of ether oxygens (including phenoxy) is 1. The van der Waals surface area contributed by atoms with Crippen molar-refractivity contribution in [1.29, 1.82) is 0 Å². The van der Waals surface area contributed by atoms with Crippen LogP contribution in [0.15, 0.2) is 36.4 Å².